The molecule has 0 atom stereocenters. The molecule has 0 spiro atoms. The SMILES string of the molecule is CS(=O)(=O)c1nc(-c2ccc(Cl)cc2Cl)c(-c2ccc(Cl)cc2)c(N2CCCC2)n1. The van der Waals surface area contributed by atoms with E-state index in [1.165, 1.54) is 0 Å². The second-order valence-electron chi connectivity index (χ2n) is 7.15. The van der Waals surface area contributed by atoms with E-state index in [2.05, 4.69) is 14.9 Å². The lowest BCUT2D eigenvalue weighted by Gasteiger charge is -2.23. The van der Waals surface area contributed by atoms with Crippen molar-refractivity contribution in [1.29, 1.82) is 0 Å². The van der Waals surface area contributed by atoms with Crippen molar-refractivity contribution in [2.75, 3.05) is 24.2 Å². The lowest BCUT2D eigenvalue weighted by molar-refractivity contribution is 0.593. The van der Waals surface area contributed by atoms with Crippen molar-refractivity contribution >= 4 is 50.5 Å². The van der Waals surface area contributed by atoms with Gasteiger partial charge in [-0.3, -0.25) is 0 Å². The van der Waals surface area contributed by atoms with Gasteiger partial charge >= 0.3 is 0 Å². The molecular formula is C21H18Cl3N3O2S. The third-order valence-electron chi connectivity index (χ3n) is 4.93. The number of rotatable bonds is 4. The van der Waals surface area contributed by atoms with E-state index in [9.17, 15) is 8.42 Å². The molecule has 1 saturated heterocycles. The van der Waals surface area contributed by atoms with Crippen LogP contribution in [0.5, 0.6) is 0 Å². The molecule has 0 bridgehead atoms. The zero-order valence-electron chi connectivity index (χ0n) is 16.1. The van der Waals surface area contributed by atoms with E-state index in [1.54, 1.807) is 30.3 Å². The summed E-state index contributed by atoms with van der Waals surface area (Å²) in [5.41, 5.74) is 2.56. The molecule has 0 saturated carbocycles. The minimum absolute atomic E-state index is 0.233. The number of aromatic nitrogens is 2. The summed E-state index contributed by atoms with van der Waals surface area (Å²) in [5, 5.41) is 1.22. The summed E-state index contributed by atoms with van der Waals surface area (Å²) < 4.78 is 24.8. The van der Waals surface area contributed by atoms with Crippen molar-refractivity contribution in [3.63, 3.8) is 0 Å². The van der Waals surface area contributed by atoms with Gasteiger partial charge in [0.15, 0.2) is 0 Å². The third kappa shape index (κ3) is 4.28. The minimum Gasteiger partial charge on any atom is -0.356 e. The molecule has 0 amide bonds. The van der Waals surface area contributed by atoms with E-state index in [-0.39, 0.29) is 5.16 Å². The van der Waals surface area contributed by atoms with Crippen molar-refractivity contribution in [3.05, 3.63) is 57.5 Å². The van der Waals surface area contributed by atoms with E-state index in [0.717, 1.165) is 37.8 Å². The van der Waals surface area contributed by atoms with E-state index in [1.807, 2.05) is 12.1 Å². The first-order valence-corrected chi connectivity index (χ1v) is 12.3. The smallest absolute Gasteiger partial charge is 0.249 e. The van der Waals surface area contributed by atoms with Crippen molar-refractivity contribution in [1.82, 2.24) is 9.97 Å². The van der Waals surface area contributed by atoms with Crippen LogP contribution in [0.3, 0.4) is 0 Å². The quantitative estimate of drug-likeness (QED) is 0.441. The van der Waals surface area contributed by atoms with Crippen LogP contribution in [0.15, 0.2) is 47.6 Å². The van der Waals surface area contributed by atoms with E-state index >= 15 is 0 Å². The fraction of sp³-hybridized carbons (Fsp3) is 0.238. The molecule has 3 aromatic rings. The van der Waals surface area contributed by atoms with E-state index < -0.39 is 9.84 Å². The highest BCUT2D eigenvalue weighted by Gasteiger charge is 2.27. The Bertz CT molecular complexity index is 1210. The van der Waals surface area contributed by atoms with E-state index in [0.29, 0.717) is 37.7 Å². The van der Waals surface area contributed by atoms with Crippen LogP contribution in [0.1, 0.15) is 12.8 Å². The Morgan fingerprint density at radius 1 is 0.900 bits per heavy atom. The highest BCUT2D eigenvalue weighted by molar-refractivity contribution is 7.90. The summed E-state index contributed by atoms with van der Waals surface area (Å²) in [6.45, 7) is 1.57. The second-order valence-corrected chi connectivity index (χ2v) is 10.3. The number of anilines is 1. The van der Waals surface area contributed by atoms with Gasteiger partial charge in [-0.1, -0.05) is 46.9 Å². The maximum Gasteiger partial charge on any atom is 0.249 e. The van der Waals surface area contributed by atoms with Gasteiger partial charge in [-0.15, -0.1) is 0 Å². The van der Waals surface area contributed by atoms with Gasteiger partial charge in [0.2, 0.25) is 15.0 Å². The molecule has 1 aliphatic heterocycles. The number of nitrogens with zero attached hydrogens (tertiary/aromatic N) is 3. The van der Waals surface area contributed by atoms with Gasteiger partial charge < -0.3 is 4.90 Å². The maximum absolute atomic E-state index is 12.4. The van der Waals surface area contributed by atoms with Gasteiger partial charge in [0, 0.05) is 35.0 Å². The summed E-state index contributed by atoms with van der Waals surface area (Å²) >= 11 is 18.7. The molecule has 1 fully saturated rings. The highest BCUT2D eigenvalue weighted by Crippen LogP contribution is 2.42. The zero-order chi connectivity index (χ0) is 21.5. The third-order valence-corrected chi connectivity index (χ3v) is 6.57. The monoisotopic (exact) mass is 481 g/mol. The summed E-state index contributed by atoms with van der Waals surface area (Å²) in [4.78, 5) is 11.0. The van der Waals surface area contributed by atoms with Gasteiger partial charge in [-0.25, -0.2) is 18.4 Å². The largest absolute Gasteiger partial charge is 0.356 e. The Hall–Kier alpha value is -1.86. The Balaban J connectivity index is 2.09. The fourth-order valence-electron chi connectivity index (χ4n) is 3.51. The van der Waals surface area contributed by atoms with E-state index in [4.69, 9.17) is 34.8 Å². The zero-order valence-corrected chi connectivity index (χ0v) is 19.2. The fourth-order valence-corrected chi connectivity index (χ4v) is 4.64. The molecule has 156 valence electrons. The van der Waals surface area contributed by atoms with Gasteiger partial charge in [0.25, 0.3) is 0 Å². The van der Waals surface area contributed by atoms with Crippen molar-refractivity contribution in [3.8, 4) is 22.4 Å². The van der Waals surface area contributed by atoms with Gasteiger partial charge in [0.05, 0.1) is 16.3 Å². The van der Waals surface area contributed by atoms with Crippen molar-refractivity contribution < 1.29 is 8.42 Å². The first-order valence-electron chi connectivity index (χ1n) is 9.32. The Morgan fingerprint density at radius 3 is 2.13 bits per heavy atom. The van der Waals surface area contributed by atoms with Gasteiger partial charge in [-0.2, -0.15) is 0 Å². The highest BCUT2D eigenvalue weighted by atomic mass is 35.5. The average Bonchev–Trinajstić information content (AvgIpc) is 3.22. The van der Waals surface area contributed by atoms with Crippen LogP contribution in [0.4, 0.5) is 5.82 Å². The molecule has 2 heterocycles. The van der Waals surface area contributed by atoms with Crippen LogP contribution >= 0.6 is 34.8 Å². The lowest BCUT2D eigenvalue weighted by atomic mass is 9.99. The molecule has 30 heavy (non-hydrogen) atoms. The topological polar surface area (TPSA) is 63.2 Å². The summed E-state index contributed by atoms with van der Waals surface area (Å²) in [5.74, 6) is 0.575. The predicted octanol–water partition coefficient (Wildman–Crippen LogP) is 5.77. The first kappa shape index (κ1) is 21.4. The number of hydrogen-bond acceptors (Lipinski definition) is 5. The molecule has 0 radical (unpaired) electrons. The standard InChI is InChI=1S/C21H18Cl3N3O2S/c1-30(28,29)21-25-19(16-9-8-15(23)12-17(16)24)18(13-4-6-14(22)7-5-13)20(26-21)27-10-2-3-11-27/h4-9,12H,2-3,10-11H2,1H3. The maximum atomic E-state index is 12.4. The van der Waals surface area contributed by atoms with Gasteiger partial charge in [0.1, 0.15) is 5.82 Å². The minimum atomic E-state index is -3.65. The predicted molar refractivity (Wildman–Crippen MR) is 122 cm³/mol. The number of hydrogen-bond donors (Lipinski definition) is 0. The molecule has 1 aromatic heterocycles. The number of halogens is 3. The molecule has 1 aliphatic rings. The van der Waals surface area contributed by atoms with Gasteiger partial charge in [-0.05, 0) is 48.7 Å². The lowest BCUT2D eigenvalue weighted by Crippen LogP contribution is -2.22. The van der Waals surface area contributed by atoms with Crippen LogP contribution in [0.25, 0.3) is 22.4 Å². The second kappa shape index (κ2) is 8.35. The molecule has 5 nitrogen and oxygen atoms in total. The van der Waals surface area contributed by atoms with Crippen molar-refractivity contribution in [2.45, 2.75) is 18.0 Å². The number of sulfone groups is 1. The molecule has 0 unspecified atom stereocenters. The van der Waals surface area contributed by atoms with Crippen molar-refractivity contribution in [2.24, 2.45) is 0 Å². The first-order chi connectivity index (χ1) is 14.2. The molecule has 2 aromatic carbocycles. The molecule has 4 rings (SSSR count). The Kier molecular flexibility index (Phi) is 5.95. The molecule has 0 aliphatic carbocycles. The number of benzene rings is 2. The molecule has 9 heteroatoms. The van der Waals surface area contributed by atoms with Crippen LogP contribution in [0.2, 0.25) is 15.1 Å². The Morgan fingerprint density at radius 2 is 1.53 bits per heavy atom. The van der Waals surface area contributed by atoms with Crippen LogP contribution < -0.4 is 4.90 Å². The van der Waals surface area contributed by atoms with Crippen LogP contribution in [0, 0.1) is 0 Å². The van der Waals surface area contributed by atoms with Crippen LogP contribution in [-0.4, -0.2) is 37.7 Å². The Labute approximate surface area is 190 Å². The summed E-state index contributed by atoms with van der Waals surface area (Å²) in [6, 6.07) is 12.4. The normalized spacial score (nSPS) is 14.3. The summed E-state index contributed by atoms with van der Waals surface area (Å²) in [6.07, 6.45) is 3.12. The summed E-state index contributed by atoms with van der Waals surface area (Å²) in [7, 11) is -3.65. The average molecular weight is 483 g/mol. The molecule has 0 N–H and O–H groups in total. The molecular weight excluding hydrogens is 465 g/mol. The van der Waals surface area contributed by atoms with Crippen LogP contribution in [-0.2, 0) is 9.84 Å².